The molecule has 21 heavy (non-hydrogen) atoms. The number of hydrogen-bond acceptors (Lipinski definition) is 2. The van der Waals surface area contributed by atoms with Gasteiger partial charge in [0.1, 0.15) is 0 Å². The predicted molar refractivity (Wildman–Crippen MR) is 87.4 cm³/mol. The van der Waals surface area contributed by atoms with Crippen molar-refractivity contribution in [3.05, 3.63) is 65.2 Å². The zero-order valence-electron chi connectivity index (χ0n) is 13.0. The Hall–Kier alpha value is -1.80. The van der Waals surface area contributed by atoms with Gasteiger partial charge in [0.2, 0.25) is 0 Å². The highest BCUT2D eigenvalue weighted by molar-refractivity contribution is 5.54. The Balaban J connectivity index is 1.94. The Labute approximate surface area is 127 Å². The largest absolute Gasteiger partial charge is 0.380 e. The highest BCUT2D eigenvalue weighted by Gasteiger charge is 2.38. The Bertz CT molecular complexity index is 633. The van der Waals surface area contributed by atoms with E-state index in [2.05, 4.69) is 67.7 Å². The highest BCUT2D eigenvalue weighted by atomic mass is 16.5. The van der Waals surface area contributed by atoms with Gasteiger partial charge in [-0.25, -0.2) is 0 Å². The van der Waals surface area contributed by atoms with Gasteiger partial charge < -0.3 is 10.1 Å². The summed E-state index contributed by atoms with van der Waals surface area (Å²) in [6.07, 6.45) is 1.12. The molecule has 0 saturated carbocycles. The van der Waals surface area contributed by atoms with Gasteiger partial charge in [-0.3, -0.25) is 0 Å². The summed E-state index contributed by atoms with van der Waals surface area (Å²) in [7, 11) is 1.74. The fourth-order valence-electron chi connectivity index (χ4n) is 3.36. The van der Waals surface area contributed by atoms with Crippen molar-refractivity contribution in [3.63, 3.8) is 0 Å². The van der Waals surface area contributed by atoms with Crippen LogP contribution in [-0.2, 0) is 17.8 Å². The first kappa shape index (κ1) is 14.2. The molecular formula is C19H23NO. The molecule has 1 aliphatic carbocycles. The quantitative estimate of drug-likeness (QED) is 0.886. The van der Waals surface area contributed by atoms with Gasteiger partial charge in [-0.15, -0.1) is 0 Å². The van der Waals surface area contributed by atoms with E-state index in [9.17, 15) is 0 Å². The van der Waals surface area contributed by atoms with Crippen LogP contribution in [0.25, 0.3) is 0 Å². The van der Waals surface area contributed by atoms with Crippen LogP contribution in [0.1, 0.15) is 36.6 Å². The zero-order valence-corrected chi connectivity index (χ0v) is 13.0. The molecule has 0 spiro atoms. The molecule has 1 aliphatic rings. The molecule has 110 valence electrons. The number of fused-ring (bicyclic) bond motifs is 1. The van der Waals surface area contributed by atoms with Gasteiger partial charge in [-0.2, -0.15) is 0 Å². The second kappa shape index (κ2) is 5.53. The fraction of sp³-hybridized carbons (Fsp3) is 0.368. The van der Waals surface area contributed by atoms with E-state index in [0.29, 0.717) is 12.6 Å². The van der Waals surface area contributed by atoms with Gasteiger partial charge in [-0.1, -0.05) is 56.3 Å². The van der Waals surface area contributed by atoms with Gasteiger partial charge in [0.05, 0.1) is 12.6 Å². The molecule has 2 heteroatoms. The van der Waals surface area contributed by atoms with Crippen molar-refractivity contribution in [1.29, 1.82) is 0 Å². The minimum absolute atomic E-state index is 0.212. The van der Waals surface area contributed by atoms with Crippen molar-refractivity contribution in [2.24, 2.45) is 5.41 Å². The number of methoxy groups -OCH3 is 1. The van der Waals surface area contributed by atoms with E-state index in [1.165, 1.54) is 22.4 Å². The maximum absolute atomic E-state index is 5.31. The molecule has 2 aromatic carbocycles. The molecule has 0 saturated heterocycles. The predicted octanol–water partition coefficient (Wildman–Crippen LogP) is 4.57. The molecule has 0 amide bonds. The second-order valence-electron chi connectivity index (χ2n) is 6.53. The highest BCUT2D eigenvalue weighted by Crippen LogP contribution is 2.47. The number of hydrogen-bond donors (Lipinski definition) is 1. The van der Waals surface area contributed by atoms with E-state index in [1.54, 1.807) is 7.11 Å². The maximum Gasteiger partial charge on any atom is 0.0733 e. The van der Waals surface area contributed by atoms with E-state index < -0.39 is 0 Å². The van der Waals surface area contributed by atoms with Crippen LogP contribution in [-0.4, -0.2) is 7.11 Å². The number of benzene rings is 2. The summed E-state index contributed by atoms with van der Waals surface area (Å²) in [6.45, 7) is 5.31. The number of anilines is 1. The van der Waals surface area contributed by atoms with Crippen LogP contribution in [0.15, 0.2) is 48.5 Å². The first-order valence-electron chi connectivity index (χ1n) is 7.53. The van der Waals surface area contributed by atoms with Crippen molar-refractivity contribution in [1.82, 2.24) is 0 Å². The molecule has 0 aromatic heterocycles. The van der Waals surface area contributed by atoms with Crippen LogP contribution < -0.4 is 5.32 Å². The van der Waals surface area contributed by atoms with Gasteiger partial charge in [0.25, 0.3) is 0 Å². The molecule has 2 aromatic rings. The molecule has 0 aliphatic heterocycles. The topological polar surface area (TPSA) is 21.3 Å². The third-order valence-corrected chi connectivity index (χ3v) is 4.41. The van der Waals surface area contributed by atoms with E-state index in [-0.39, 0.29) is 5.41 Å². The Kier molecular flexibility index (Phi) is 3.73. The van der Waals surface area contributed by atoms with Crippen molar-refractivity contribution >= 4 is 5.69 Å². The SMILES string of the molecule is COCc1ccccc1NC1c2ccccc2CC1(C)C. The van der Waals surface area contributed by atoms with Gasteiger partial charge >= 0.3 is 0 Å². The molecule has 1 unspecified atom stereocenters. The lowest BCUT2D eigenvalue weighted by Crippen LogP contribution is -2.25. The van der Waals surface area contributed by atoms with Crippen LogP contribution in [0.5, 0.6) is 0 Å². The third-order valence-electron chi connectivity index (χ3n) is 4.41. The molecule has 2 nitrogen and oxygen atoms in total. The smallest absolute Gasteiger partial charge is 0.0733 e. The maximum atomic E-state index is 5.31. The number of rotatable bonds is 4. The molecule has 1 N–H and O–H groups in total. The molecule has 1 atom stereocenters. The van der Waals surface area contributed by atoms with Crippen molar-refractivity contribution in [3.8, 4) is 0 Å². The first-order chi connectivity index (χ1) is 10.1. The van der Waals surface area contributed by atoms with Crippen LogP contribution in [0.3, 0.4) is 0 Å². The van der Waals surface area contributed by atoms with Gasteiger partial charge in [0.15, 0.2) is 0 Å². The first-order valence-corrected chi connectivity index (χ1v) is 7.53. The number of ether oxygens (including phenoxy) is 1. The molecular weight excluding hydrogens is 258 g/mol. The Morgan fingerprint density at radius 3 is 2.62 bits per heavy atom. The zero-order chi connectivity index (χ0) is 14.9. The monoisotopic (exact) mass is 281 g/mol. The van der Waals surface area contributed by atoms with E-state index in [4.69, 9.17) is 4.74 Å². The van der Waals surface area contributed by atoms with Crippen molar-refractivity contribution in [2.75, 3.05) is 12.4 Å². The van der Waals surface area contributed by atoms with Gasteiger partial charge in [-0.05, 0) is 29.0 Å². The summed E-state index contributed by atoms with van der Waals surface area (Å²) in [5.74, 6) is 0. The summed E-state index contributed by atoms with van der Waals surface area (Å²) in [4.78, 5) is 0. The van der Waals surface area contributed by atoms with E-state index >= 15 is 0 Å². The third kappa shape index (κ3) is 2.68. The summed E-state index contributed by atoms with van der Waals surface area (Å²) < 4.78 is 5.31. The van der Waals surface area contributed by atoms with Crippen LogP contribution >= 0.6 is 0 Å². The minimum atomic E-state index is 0.212. The van der Waals surface area contributed by atoms with Crippen molar-refractivity contribution < 1.29 is 4.74 Å². The average molecular weight is 281 g/mol. The van der Waals surface area contributed by atoms with E-state index in [0.717, 1.165) is 6.42 Å². The normalized spacial score (nSPS) is 19.3. The lowest BCUT2D eigenvalue weighted by atomic mass is 9.85. The Morgan fingerprint density at radius 2 is 1.81 bits per heavy atom. The minimum Gasteiger partial charge on any atom is -0.380 e. The second-order valence-corrected chi connectivity index (χ2v) is 6.53. The van der Waals surface area contributed by atoms with Crippen LogP contribution in [0.2, 0.25) is 0 Å². The average Bonchev–Trinajstić information content (AvgIpc) is 2.72. The summed E-state index contributed by atoms with van der Waals surface area (Å²) in [5, 5.41) is 3.76. The Morgan fingerprint density at radius 1 is 1.10 bits per heavy atom. The fourth-order valence-corrected chi connectivity index (χ4v) is 3.36. The van der Waals surface area contributed by atoms with Crippen LogP contribution in [0.4, 0.5) is 5.69 Å². The standard InChI is InChI=1S/C19H23NO/c1-19(2)12-14-8-4-6-10-16(14)18(19)20-17-11-7-5-9-15(17)13-21-3/h4-11,18,20H,12-13H2,1-3H3. The molecule has 0 fully saturated rings. The number of nitrogens with one attached hydrogen (secondary N) is 1. The molecule has 0 bridgehead atoms. The number of para-hydroxylation sites is 1. The summed E-state index contributed by atoms with van der Waals surface area (Å²) in [5.41, 5.74) is 5.48. The molecule has 3 rings (SSSR count). The molecule has 0 radical (unpaired) electrons. The summed E-state index contributed by atoms with van der Waals surface area (Å²) >= 11 is 0. The van der Waals surface area contributed by atoms with Crippen LogP contribution in [0, 0.1) is 5.41 Å². The van der Waals surface area contributed by atoms with Gasteiger partial charge in [0, 0.05) is 18.4 Å². The van der Waals surface area contributed by atoms with Crippen molar-refractivity contribution in [2.45, 2.75) is 32.9 Å². The molecule has 0 heterocycles. The summed E-state index contributed by atoms with van der Waals surface area (Å²) in [6, 6.07) is 17.5. The lowest BCUT2D eigenvalue weighted by Gasteiger charge is -2.30. The van der Waals surface area contributed by atoms with E-state index in [1.807, 2.05) is 0 Å². The lowest BCUT2D eigenvalue weighted by molar-refractivity contribution is 0.185.